The van der Waals surface area contributed by atoms with Crippen LogP contribution in [0.1, 0.15) is 30.4 Å². The second-order valence-electron chi connectivity index (χ2n) is 4.97. The average Bonchev–Trinajstić information content (AvgIpc) is 2.39. The van der Waals surface area contributed by atoms with Crippen LogP contribution in [0.5, 0.6) is 0 Å². The zero-order valence-electron chi connectivity index (χ0n) is 10.9. The van der Waals surface area contributed by atoms with Crippen LogP contribution in [0, 0.1) is 24.2 Å². The minimum atomic E-state index is 0.637. The van der Waals surface area contributed by atoms with Gasteiger partial charge in [0.05, 0.1) is 5.56 Å². The van der Waals surface area contributed by atoms with E-state index < -0.39 is 0 Å². The molecule has 2 rings (SSSR count). The normalized spacial score (nSPS) is 19.6. The van der Waals surface area contributed by atoms with E-state index >= 15 is 0 Å². The Morgan fingerprint density at radius 1 is 1.61 bits per heavy atom. The molecular formula is C14H20N4. The number of pyridine rings is 1. The van der Waals surface area contributed by atoms with Gasteiger partial charge < -0.3 is 10.6 Å². The summed E-state index contributed by atoms with van der Waals surface area (Å²) in [6, 6.07) is 4.17. The summed E-state index contributed by atoms with van der Waals surface area (Å²) in [4.78, 5) is 6.65. The Morgan fingerprint density at radius 2 is 2.44 bits per heavy atom. The third-order valence-corrected chi connectivity index (χ3v) is 3.64. The molecule has 0 bridgehead atoms. The first-order valence-electron chi connectivity index (χ1n) is 6.57. The predicted octanol–water partition coefficient (Wildman–Crippen LogP) is 1.83. The highest BCUT2D eigenvalue weighted by Crippen LogP contribution is 2.26. The highest BCUT2D eigenvalue weighted by molar-refractivity contribution is 5.57. The maximum Gasteiger partial charge on any atom is 0.146 e. The van der Waals surface area contributed by atoms with Crippen LogP contribution >= 0.6 is 0 Å². The first-order chi connectivity index (χ1) is 8.76. The number of piperidine rings is 1. The molecular weight excluding hydrogens is 224 g/mol. The molecule has 0 spiro atoms. The lowest BCUT2D eigenvalue weighted by Crippen LogP contribution is -2.37. The fraction of sp³-hybridized carbons (Fsp3) is 0.571. The van der Waals surface area contributed by atoms with E-state index in [0.717, 1.165) is 43.9 Å². The summed E-state index contributed by atoms with van der Waals surface area (Å²) in [7, 11) is 0. The molecule has 0 aliphatic carbocycles. The van der Waals surface area contributed by atoms with Gasteiger partial charge in [-0.1, -0.05) is 0 Å². The van der Waals surface area contributed by atoms with E-state index in [0.29, 0.717) is 11.5 Å². The van der Waals surface area contributed by atoms with Crippen molar-refractivity contribution in [1.29, 1.82) is 5.26 Å². The minimum absolute atomic E-state index is 0.637. The van der Waals surface area contributed by atoms with Crippen molar-refractivity contribution >= 4 is 5.82 Å². The number of rotatable bonds is 3. The largest absolute Gasteiger partial charge is 0.355 e. The number of aromatic nitrogens is 1. The number of hydrogen-bond acceptors (Lipinski definition) is 4. The third kappa shape index (κ3) is 2.62. The topological polar surface area (TPSA) is 65.9 Å². The summed E-state index contributed by atoms with van der Waals surface area (Å²) < 4.78 is 0. The third-order valence-electron chi connectivity index (χ3n) is 3.64. The monoisotopic (exact) mass is 244 g/mol. The summed E-state index contributed by atoms with van der Waals surface area (Å²) in [6.45, 7) is 4.67. The van der Waals surface area contributed by atoms with Crippen LogP contribution < -0.4 is 10.6 Å². The van der Waals surface area contributed by atoms with E-state index in [-0.39, 0.29) is 0 Å². The summed E-state index contributed by atoms with van der Waals surface area (Å²) in [5, 5.41) is 9.26. The van der Waals surface area contributed by atoms with Crippen LogP contribution in [0.25, 0.3) is 0 Å². The molecule has 1 aromatic rings. The lowest BCUT2D eigenvalue weighted by atomic mass is 9.94. The van der Waals surface area contributed by atoms with Gasteiger partial charge in [-0.2, -0.15) is 5.26 Å². The predicted molar refractivity (Wildman–Crippen MR) is 72.3 cm³/mol. The average molecular weight is 244 g/mol. The molecule has 4 heteroatoms. The first kappa shape index (κ1) is 12.8. The Kier molecular flexibility index (Phi) is 4.16. The van der Waals surface area contributed by atoms with Gasteiger partial charge in [-0.25, -0.2) is 4.98 Å². The molecule has 2 heterocycles. The number of aryl methyl sites for hydroxylation is 1. The van der Waals surface area contributed by atoms with E-state index in [4.69, 9.17) is 5.73 Å². The Bertz CT molecular complexity index is 448. The summed E-state index contributed by atoms with van der Waals surface area (Å²) in [5.74, 6) is 1.48. The van der Waals surface area contributed by atoms with Crippen molar-refractivity contribution in [2.45, 2.75) is 26.2 Å². The Balaban J connectivity index is 2.21. The Hall–Kier alpha value is -1.60. The Labute approximate surface area is 108 Å². The van der Waals surface area contributed by atoms with E-state index in [9.17, 15) is 5.26 Å². The molecule has 1 saturated heterocycles. The smallest absolute Gasteiger partial charge is 0.146 e. The minimum Gasteiger partial charge on any atom is -0.355 e. The fourth-order valence-corrected chi connectivity index (χ4v) is 2.65. The quantitative estimate of drug-likeness (QED) is 0.881. The number of nitrogens with zero attached hydrogens (tertiary/aromatic N) is 3. The summed E-state index contributed by atoms with van der Waals surface area (Å²) in [6.07, 6.45) is 5.24. The lowest BCUT2D eigenvalue weighted by molar-refractivity contribution is 0.394. The van der Waals surface area contributed by atoms with E-state index in [1.165, 1.54) is 6.42 Å². The van der Waals surface area contributed by atoms with Crippen LogP contribution in [0.3, 0.4) is 0 Å². The Morgan fingerprint density at radius 3 is 3.17 bits per heavy atom. The molecule has 1 fully saturated rings. The number of hydrogen-bond donors (Lipinski definition) is 1. The van der Waals surface area contributed by atoms with Crippen molar-refractivity contribution in [2.75, 3.05) is 24.5 Å². The van der Waals surface area contributed by atoms with Crippen LogP contribution in [0.15, 0.2) is 12.3 Å². The van der Waals surface area contributed by atoms with Gasteiger partial charge in [0.2, 0.25) is 0 Å². The van der Waals surface area contributed by atoms with Gasteiger partial charge in [0.15, 0.2) is 0 Å². The molecule has 0 radical (unpaired) electrons. The van der Waals surface area contributed by atoms with Gasteiger partial charge in [-0.3, -0.25) is 0 Å². The van der Waals surface area contributed by atoms with E-state index in [1.807, 2.05) is 13.0 Å². The van der Waals surface area contributed by atoms with Gasteiger partial charge in [0.1, 0.15) is 11.9 Å². The van der Waals surface area contributed by atoms with Gasteiger partial charge in [-0.05, 0) is 50.3 Å². The van der Waals surface area contributed by atoms with Gasteiger partial charge in [-0.15, -0.1) is 0 Å². The molecule has 96 valence electrons. The van der Waals surface area contributed by atoms with Crippen molar-refractivity contribution in [3.05, 3.63) is 23.4 Å². The molecule has 2 N–H and O–H groups in total. The van der Waals surface area contributed by atoms with Crippen LogP contribution in [0.4, 0.5) is 5.82 Å². The van der Waals surface area contributed by atoms with Crippen molar-refractivity contribution in [3.8, 4) is 6.07 Å². The number of nitriles is 1. The highest BCUT2D eigenvalue weighted by atomic mass is 15.2. The van der Waals surface area contributed by atoms with Gasteiger partial charge in [0, 0.05) is 19.3 Å². The molecule has 0 saturated carbocycles. The van der Waals surface area contributed by atoms with Crippen molar-refractivity contribution in [2.24, 2.45) is 11.7 Å². The van der Waals surface area contributed by atoms with Crippen molar-refractivity contribution in [3.63, 3.8) is 0 Å². The maximum atomic E-state index is 9.26. The van der Waals surface area contributed by atoms with Crippen LogP contribution in [-0.4, -0.2) is 24.6 Å². The first-order valence-corrected chi connectivity index (χ1v) is 6.57. The summed E-state index contributed by atoms with van der Waals surface area (Å²) >= 11 is 0. The molecule has 0 amide bonds. The zero-order chi connectivity index (χ0) is 13.0. The van der Waals surface area contributed by atoms with E-state index in [2.05, 4.69) is 16.0 Å². The second kappa shape index (κ2) is 5.83. The van der Waals surface area contributed by atoms with Crippen LogP contribution in [-0.2, 0) is 0 Å². The fourth-order valence-electron chi connectivity index (χ4n) is 2.65. The van der Waals surface area contributed by atoms with Crippen LogP contribution in [0.2, 0.25) is 0 Å². The van der Waals surface area contributed by atoms with Gasteiger partial charge >= 0.3 is 0 Å². The van der Waals surface area contributed by atoms with Crippen molar-refractivity contribution < 1.29 is 0 Å². The molecule has 1 aliphatic rings. The second-order valence-corrected chi connectivity index (χ2v) is 4.97. The molecule has 1 aromatic heterocycles. The SMILES string of the molecule is Cc1ccnc(N2CCCC(CCN)C2)c1C#N. The lowest BCUT2D eigenvalue weighted by Gasteiger charge is -2.34. The van der Waals surface area contributed by atoms with Crippen molar-refractivity contribution in [1.82, 2.24) is 4.98 Å². The number of nitrogens with two attached hydrogens (primary N) is 1. The summed E-state index contributed by atoms with van der Waals surface area (Å²) in [5.41, 5.74) is 7.35. The molecule has 1 unspecified atom stereocenters. The highest BCUT2D eigenvalue weighted by Gasteiger charge is 2.22. The van der Waals surface area contributed by atoms with E-state index in [1.54, 1.807) is 6.20 Å². The maximum absolute atomic E-state index is 9.26. The molecule has 18 heavy (non-hydrogen) atoms. The molecule has 0 aromatic carbocycles. The molecule has 1 atom stereocenters. The molecule has 1 aliphatic heterocycles. The number of anilines is 1. The zero-order valence-corrected chi connectivity index (χ0v) is 10.9. The standard InChI is InChI=1S/C14H20N4/c1-11-5-7-17-14(13(11)9-16)18-8-2-3-12(10-18)4-6-15/h5,7,12H,2-4,6,8,10,15H2,1H3. The van der Waals surface area contributed by atoms with Gasteiger partial charge in [0.25, 0.3) is 0 Å². The molecule has 4 nitrogen and oxygen atoms in total.